The third-order valence-corrected chi connectivity index (χ3v) is 5.00. The average Bonchev–Trinajstić information content (AvgIpc) is 3.13. The fourth-order valence-electron chi connectivity index (χ4n) is 3.43. The largest absolute Gasteiger partial charge is 0.368 e. The van der Waals surface area contributed by atoms with Gasteiger partial charge in [0.15, 0.2) is 0 Å². The Balaban J connectivity index is 0.00000140. The van der Waals surface area contributed by atoms with E-state index in [1.54, 1.807) is 7.11 Å². The molecule has 0 spiro atoms. The number of imidazole rings is 1. The maximum atomic E-state index is 12.8. The van der Waals surface area contributed by atoms with Gasteiger partial charge in [0, 0.05) is 18.4 Å². The number of benzene rings is 2. The summed E-state index contributed by atoms with van der Waals surface area (Å²) >= 11 is 0. The van der Waals surface area contributed by atoms with Crippen LogP contribution in [0.4, 0.5) is 5.69 Å². The number of hydrogen-bond acceptors (Lipinski definition) is 4. The van der Waals surface area contributed by atoms with Crippen LogP contribution >= 0.6 is 24.8 Å². The topological polar surface area (TPSA) is 79.0 Å². The molecule has 4 rings (SSSR count). The molecule has 8 heteroatoms. The number of fused-ring (bicyclic) bond motifs is 1. The van der Waals surface area contributed by atoms with Crippen LogP contribution in [0.2, 0.25) is 0 Å². The molecule has 0 atom stereocenters. The van der Waals surface area contributed by atoms with E-state index in [-0.39, 0.29) is 30.7 Å². The van der Waals surface area contributed by atoms with Crippen LogP contribution in [0.25, 0.3) is 22.4 Å². The van der Waals surface area contributed by atoms with Crippen molar-refractivity contribution in [2.75, 3.05) is 25.5 Å². The monoisotopic (exact) mass is 422 g/mol. The Kier molecular flexibility index (Phi) is 7.43. The Labute approximate surface area is 176 Å². The van der Waals surface area contributed by atoms with Crippen molar-refractivity contribution >= 4 is 47.4 Å². The summed E-state index contributed by atoms with van der Waals surface area (Å²) in [6.45, 7) is 1.56. The lowest BCUT2D eigenvalue weighted by atomic mass is 9.91. The number of aromatic amines is 1. The molecule has 3 aromatic rings. The zero-order valence-corrected chi connectivity index (χ0v) is 17.2. The van der Waals surface area contributed by atoms with Gasteiger partial charge in [-0.3, -0.25) is 4.79 Å². The Morgan fingerprint density at radius 3 is 2.57 bits per heavy atom. The van der Waals surface area contributed by atoms with E-state index in [9.17, 15) is 4.79 Å². The van der Waals surface area contributed by atoms with Gasteiger partial charge in [-0.1, -0.05) is 24.3 Å². The number of carbonyl (C=O) groups excluding carboxylic acids is 1. The fraction of sp³-hybridized carbons (Fsp3) is 0.300. The minimum absolute atomic E-state index is 0. The number of aromatic nitrogens is 2. The van der Waals surface area contributed by atoms with Crippen molar-refractivity contribution in [2.45, 2.75) is 18.4 Å². The lowest BCUT2D eigenvalue weighted by molar-refractivity contribution is -0.140. The maximum absolute atomic E-state index is 12.8. The number of hydrogen-bond donors (Lipinski definition) is 3. The third kappa shape index (κ3) is 4.31. The number of ether oxygens (including phenoxy) is 1. The number of methoxy groups -OCH3 is 1. The maximum Gasteiger partial charge on any atom is 0.256 e. The molecule has 28 heavy (non-hydrogen) atoms. The highest BCUT2D eigenvalue weighted by molar-refractivity contribution is 5.98. The highest BCUT2D eigenvalue weighted by atomic mass is 35.5. The summed E-state index contributed by atoms with van der Waals surface area (Å²) in [6.07, 6.45) is 1.33. The van der Waals surface area contributed by atoms with E-state index in [1.165, 1.54) is 0 Å². The van der Waals surface area contributed by atoms with Crippen LogP contribution < -0.4 is 10.6 Å². The molecule has 0 unspecified atom stereocenters. The zero-order valence-electron chi connectivity index (χ0n) is 15.5. The second-order valence-corrected chi connectivity index (χ2v) is 6.59. The normalized spacial score (nSPS) is 15.3. The summed E-state index contributed by atoms with van der Waals surface area (Å²) in [4.78, 5) is 20.8. The van der Waals surface area contributed by atoms with Crippen molar-refractivity contribution in [1.82, 2.24) is 15.3 Å². The van der Waals surface area contributed by atoms with E-state index in [0.717, 1.165) is 41.2 Å². The van der Waals surface area contributed by atoms with Gasteiger partial charge in [0.25, 0.3) is 5.91 Å². The van der Waals surface area contributed by atoms with Crippen LogP contribution in [0.15, 0.2) is 48.5 Å². The van der Waals surface area contributed by atoms with Crippen LogP contribution in [0.5, 0.6) is 0 Å². The quantitative estimate of drug-likeness (QED) is 0.597. The van der Waals surface area contributed by atoms with Crippen molar-refractivity contribution in [2.24, 2.45) is 0 Å². The van der Waals surface area contributed by atoms with Crippen LogP contribution in [-0.4, -0.2) is 41.7 Å². The number of H-pyrrole nitrogens is 1. The Hall–Kier alpha value is -2.12. The van der Waals surface area contributed by atoms with Crippen molar-refractivity contribution in [3.8, 4) is 11.4 Å². The van der Waals surface area contributed by atoms with Crippen molar-refractivity contribution in [3.05, 3.63) is 48.5 Å². The van der Waals surface area contributed by atoms with E-state index in [4.69, 9.17) is 4.74 Å². The summed E-state index contributed by atoms with van der Waals surface area (Å²) in [5.41, 5.74) is 2.81. The summed E-state index contributed by atoms with van der Waals surface area (Å²) in [5, 5.41) is 6.28. The van der Waals surface area contributed by atoms with Gasteiger partial charge >= 0.3 is 0 Å². The first-order chi connectivity index (χ1) is 12.7. The predicted molar refractivity (Wildman–Crippen MR) is 116 cm³/mol. The molecular weight excluding hydrogens is 399 g/mol. The molecular formula is C20H24Cl2N4O2. The standard InChI is InChI=1S/C20H22N4O2.2ClH/c1-26-20(9-11-21-12-10-20)19(25)22-15-6-4-5-14(13-15)18-23-16-7-2-3-8-17(16)24-18;;/h2-8,13,21H,9-12H2,1H3,(H,22,25)(H,23,24);2*1H. The van der Waals surface area contributed by atoms with Gasteiger partial charge < -0.3 is 20.4 Å². The Morgan fingerprint density at radius 2 is 1.86 bits per heavy atom. The number of nitrogens with one attached hydrogen (secondary N) is 3. The molecule has 6 nitrogen and oxygen atoms in total. The fourth-order valence-corrected chi connectivity index (χ4v) is 3.43. The SMILES string of the molecule is COC1(C(=O)Nc2cccc(-c3nc4ccccc4[nH]3)c2)CCNCC1.Cl.Cl. The smallest absolute Gasteiger partial charge is 0.256 e. The summed E-state index contributed by atoms with van der Waals surface area (Å²) in [7, 11) is 1.61. The molecule has 1 aliphatic rings. The van der Waals surface area contributed by atoms with E-state index >= 15 is 0 Å². The van der Waals surface area contributed by atoms with Gasteiger partial charge in [0.2, 0.25) is 0 Å². The lowest BCUT2D eigenvalue weighted by Gasteiger charge is -2.34. The van der Waals surface area contributed by atoms with E-state index < -0.39 is 5.60 Å². The molecule has 2 aromatic carbocycles. The Morgan fingerprint density at radius 1 is 1.11 bits per heavy atom. The van der Waals surface area contributed by atoms with Crippen LogP contribution in [0, 0.1) is 0 Å². The number of carbonyl (C=O) groups is 1. The van der Waals surface area contributed by atoms with Crippen LogP contribution in [-0.2, 0) is 9.53 Å². The number of nitrogens with zero attached hydrogens (tertiary/aromatic N) is 1. The summed E-state index contributed by atoms with van der Waals surface area (Å²) in [5.74, 6) is 0.689. The summed E-state index contributed by atoms with van der Waals surface area (Å²) in [6, 6.07) is 15.6. The molecule has 0 radical (unpaired) electrons. The molecule has 2 heterocycles. The van der Waals surface area contributed by atoms with Gasteiger partial charge in [-0.2, -0.15) is 0 Å². The van der Waals surface area contributed by atoms with Gasteiger partial charge in [-0.15, -0.1) is 24.8 Å². The second-order valence-electron chi connectivity index (χ2n) is 6.59. The molecule has 150 valence electrons. The number of piperidine rings is 1. The van der Waals surface area contributed by atoms with Crippen LogP contribution in [0.3, 0.4) is 0 Å². The summed E-state index contributed by atoms with van der Waals surface area (Å²) < 4.78 is 5.60. The first kappa shape index (κ1) is 22.2. The number of rotatable bonds is 4. The highest BCUT2D eigenvalue weighted by Gasteiger charge is 2.39. The number of anilines is 1. The first-order valence-electron chi connectivity index (χ1n) is 8.83. The number of para-hydroxylation sites is 2. The molecule has 1 amide bonds. The molecule has 0 bridgehead atoms. The van der Waals surface area contributed by atoms with Crippen molar-refractivity contribution in [1.29, 1.82) is 0 Å². The highest BCUT2D eigenvalue weighted by Crippen LogP contribution is 2.27. The van der Waals surface area contributed by atoms with Gasteiger partial charge in [-0.25, -0.2) is 4.98 Å². The minimum Gasteiger partial charge on any atom is -0.368 e. The van der Waals surface area contributed by atoms with Gasteiger partial charge in [0.05, 0.1) is 11.0 Å². The first-order valence-corrected chi connectivity index (χ1v) is 8.83. The van der Waals surface area contributed by atoms with E-state index in [1.807, 2.05) is 48.5 Å². The van der Waals surface area contributed by atoms with Crippen LogP contribution in [0.1, 0.15) is 12.8 Å². The molecule has 3 N–H and O–H groups in total. The van der Waals surface area contributed by atoms with E-state index in [2.05, 4.69) is 20.6 Å². The third-order valence-electron chi connectivity index (χ3n) is 5.00. The average molecular weight is 423 g/mol. The molecule has 1 aromatic heterocycles. The van der Waals surface area contributed by atoms with Gasteiger partial charge in [-0.05, 0) is 50.2 Å². The van der Waals surface area contributed by atoms with Crippen molar-refractivity contribution < 1.29 is 9.53 Å². The Bertz CT molecular complexity index is 906. The molecule has 0 aliphatic carbocycles. The zero-order chi connectivity index (χ0) is 18.0. The molecule has 1 aliphatic heterocycles. The lowest BCUT2D eigenvalue weighted by Crippen LogP contribution is -2.51. The second kappa shape index (κ2) is 9.39. The predicted octanol–water partition coefficient (Wildman–Crippen LogP) is 3.78. The molecule has 1 saturated heterocycles. The molecule has 1 fully saturated rings. The number of amides is 1. The molecule has 0 saturated carbocycles. The number of halogens is 2. The van der Waals surface area contributed by atoms with E-state index in [0.29, 0.717) is 12.8 Å². The minimum atomic E-state index is -0.763. The van der Waals surface area contributed by atoms with Crippen molar-refractivity contribution in [3.63, 3.8) is 0 Å². The van der Waals surface area contributed by atoms with Gasteiger partial charge in [0.1, 0.15) is 11.4 Å².